The van der Waals surface area contributed by atoms with Crippen LogP contribution < -0.4 is 0 Å². The summed E-state index contributed by atoms with van der Waals surface area (Å²) in [5.41, 5.74) is 2.51. The van der Waals surface area contributed by atoms with Crippen LogP contribution in [-0.2, 0) is 16.0 Å². The number of hydrogen-bond donors (Lipinski definition) is 1. The first kappa shape index (κ1) is 13.2. The first-order valence-corrected chi connectivity index (χ1v) is 7.09. The zero-order chi connectivity index (χ0) is 13.9. The number of methoxy groups -OCH3 is 1. The molecule has 0 spiro atoms. The predicted octanol–water partition coefficient (Wildman–Crippen LogP) is 2.21. The van der Waals surface area contributed by atoms with Gasteiger partial charge in [-0.15, -0.1) is 0 Å². The zero-order valence-corrected chi connectivity index (χ0v) is 11.8. The van der Waals surface area contributed by atoms with Crippen LogP contribution in [0.15, 0.2) is 30.5 Å². The summed E-state index contributed by atoms with van der Waals surface area (Å²) in [7, 11) is 1.67. The Morgan fingerprint density at radius 3 is 3.15 bits per heavy atom. The van der Waals surface area contributed by atoms with Crippen molar-refractivity contribution >= 4 is 16.8 Å². The Morgan fingerprint density at radius 1 is 1.40 bits per heavy atom. The minimum atomic E-state index is 0.255. The molecule has 0 radical (unpaired) electrons. The molecule has 106 valence electrons. The van der Waals surface area contributed by atoms with Crippen molar-refractivity contribution < 1.29 is 9.53 Å². The van der Waals surface area contributed by atoms with Gasteiger partial charge in [0.15, 0.2) is 0 Å². The molecule has 4 nitrogen and oxygen atoms in total. The van der Waals surface area contributed by atoms with Crippen LogP contribution in [0.3, 0.4) is 0 Å². The van der Waals surface area contributed by atoms with Crippen LogP contribution in [0.25, 0.3) is 10.9 Å². The Morgan fingerprint density at radius 2 is 2.30 bits per heavy atom. The molecular weight excluding hydrogens is 252 g/mol. The van der Waals surface area contributed by atoms with Gasteiger partial charge in [0.1, 0.15) is 0 Å². The van der Waals surface area contributed by atoms with Gasteiger partial charge in [0.25, 0.3) is 0 Å². The van der Waals surface area contributed by atoms with Gasteiger partial charge in [-0.25, -0.2) is 0 Å². The average molecular weight is 272 g/mol. The number of H-pyrrole nitrogens is 1. The molecule has 1 fully saturated rings. The largest absolute Gasteiger partial charge is 0.383 e. The minimum Gasteiger partial charge on any atom is -0.383 e. The molecule has 4 heteroatoms. The quantitative estimate of drug-likeness (QED) is 0.907. The first-order chi connectivity index (χ1) is 9.78. The van der Waals surface area contributed by atoms with Gasteiger partial charge in [-0.05, 0) is 29.4 Å². The van der Waals surface area contributed by atoms with E-state index in [4.69, 9.17) is 4.74 Å². The van der Waals surface area contributed by atoms with E-state index >= 15 is 0 Å². The predicted molar refractivity (Wildman–Crippen MR) is 78.6 cm³/mol. The molecule has 1 aliphatic heterocycles. The maximum absolute atomic E-state index is 12.0. The number of nitrogens with one attached hydrogen (secondary N) is 1. The Labute approximate surface area is 118 Å². The number of carbonyl (C=O) groups excluding carboxylic acids is 1. The molecule has 1 aliphatic rings. The molecule has 1 N–H and O–H groups in total. The number of rotatable bonds is 5. The van der Waals surface area contributed by atoms with E-state index in [-0.39, 0.29) is 5.91 Å². The van der Waals surface area contributed by atoms with E-state index in [1.54, 1.807) is 7.11 Å². The molecule has 1 atom stereocenters. The topological polar surface area (TPSA) is 45.3 Å². The third-order valence-corrected chi connectivity index (χ3v) is 4.04. The highest BCUT2D eigenvalue weighted by atomic mass is 16.5. The Balaban J connectivity index is 1.70. The third kappa shape index (κ3) is 2.56. The highest BCUT2D eigenvalue weighted by molar-refractivity contribution is 5.83. The van der Waals surface area contributed by atoms with Crippen LogP contribution in [0.4, 0.5) is 0 Å². The summed E-state index contributed by atoms with van der Waals surface area (Å²) in [6.07, 6.45) is 3.58. The Hall–Kier alpha value is -1.81. The van der Waals surface area contributed by atoms with Gasteiger partial charge >= 0.3 is 0 Å². The summed E-state index contributed by atoms with van der Waals surface area (Å²) < 4.78 is 5.05. The van der Waals surface area contributed by atoms with E-state index in [0.29, 0.717) is 25.5 Å². The van der Waals surface area contributed by atoms with Crippen LogP contribution >= 0.6 is 0 Å². The number of fused-ring (bicyclic) bond motifs is 1. The lowest BCUT2D eigenvalue weighted by Gasteiger charge is -2.16. The number of likely N-dealkylation sites (tertiary alicyclic amines) is 1. The standard InChI is InChI=1S/C16H20N2O2/c1-20-8-7-18-11-12(10-15(18)19)9-14-4-2-3-13-5-6-17-16(13)14/h2-6,12,17H,7-11H2,1H3. The number of para-hydroxylation sites is 1. The number of hydrogen-bond acceptors (Lipinski definition) is 2. The number of ether oxygens (including phenoxy) is 1. The van der Waals surface area contributed by atoms with E-state index < -0.39 is 0 Å². The maximum atomic E-state index is 12.0. The second-order valence-electron chi connectivity index (χ2n) is 5.47. The van der Waals surface area contributed by atoms with Crippen molar-refractivity contribution in [1.82, 2.24) is 9.88 Å². The van der Waals surface area contributed by atoms with Gasteiger partial charge in [-0.3, -0.25) is 4.79 Å². The molecule has 3 rings (SSSR count). The van der Waals surface area contributed by atoms with Crippen molar-refractivity contribution in [1.29, 1.82) is 0 Å². The van der Waals surface area contributed by atoms with Crippen LogP contribution in [0.1, 0.15) is 12.0 Å². The second kappa shape index (κ2) is 5.67. The monoisotopic (exact) mass is 272 g/mol. The molecule has 1 aromatic carbocycles. The average Bonchev–Trinajstić information content (AvgIpc) is 3.04. The molecule has 2 heterocycles. The highest BCUT2D eigenvalue weighted by Gasteiger charge is 2.29. The van der Waals surface area contributed by atoms with Crippen molar-refractivity contribution in [2.75, 3.05) is 26.8 Å². The fourth-order valence-corrected chi connectivity index (χ4v) is 3.04. The van der Waals surface area contributed by atoms with E-state index in [1.165, 1.54) is 16.5 Å². The summed E-state index contributed by atoms with van der Waals surface area (Å²) in [5.74, 6) is 0.666. The third-order valence-electron chi connectivity index (χ3n) is 4.04. The molecule has 0 aliphatic carbocycles. The normalized spacial score (nSPS) is 19.1. The van der Waals surface area contributed by atoms with Crippen molar-refractivity contribution in [3.8, 4) is 0 Å². The molecule has 1 saturated heterocycles. The van der Waals surface area contributed by atoms with E-state index in [0.717, 1.165) is 13.0 Å². The number of aromatic nitrogens is 1. The van der Waals surface area contributed by atoms with Crippen LogP contribution in [0, 0.1) is 5.92 Å². The van der Waals surface area contributed by atoms with Gasteiger partial charge in [-0.2, -0.15) is 0 Å². The maximum Gasteiger partial charge on any atom is 0.223 e. The second-order valence-corrected chi connectivity index (χ2v) is 5.47. The summed E-state index contributed by atoms with van der Waals surface area (Å²) >= 11 is 0. The van der Waals surface area contributed by atoms with Gasteiger partial charge in [-0.1, -0.05) is 18.2 Å². The number of benzene rings is 1. The van der Waals surface area contributed by atoms with Gasteiger partial charge in [0.2, 0.25) is 5.91 Å². The molecule has 1 amide bonds. The fourth-order valence-electron chi connectivity index (χ4n) is 3.04. The smallest absolute Gasteiger partial charge is 0.223 e. The lowest BCUT2D eigenvalue weighted by Crippen LogP contribution is -2.28. The molecule has 1 unspecified atom stereocenters. The number of aromatic amines is 1. The van der Waals surface area contributed by atoms with Crippen molar-refractivity contribution in [3.63, 3.8) is 0 Å². The van der Waals surface area contributed by atoms with Crippen LogP contribution in [0.5, 0.6) is 0 Å². The van der Waals surface area contributed by atoms with Crippen molar-refractivity contribution in [3.05, 3.63) is 36.0 Å². The van der Waals surface area contributed by atoms with Gasteiger partial charge < -0.3 is 14.6 Å². The Bertz CT molecular complexity index is 605. The van der Waals surface area contributed by atoms with E-state index in [1.807, 2.05) is 11.1 Å². The minimum absolute atomic E-state index is 0.255. The lowest BCUT2D eigenvalue weighted by molar-refractivity contribution is -0.128. The van der Waals surface area contributed by atoms with E-state index in [9.17, 15) is 4.79 Å². The summed E-state index contributed by atoms with van der Waals surface area (Å²) in [6.45, 7) is 2.17. The molecule has 1 aromatic heterocycles. The van der Waals surface area contributed by atoms with Crippen molar-refractivity contribution in [2.24, 2.45) is 5.92 Å². The van der Waals surface area contributed by atoms with Crippen LogP contribution in [-0.4, -0.2) is 42.6 Å². The summed E-state index contributed by atoms with van der Waals surface area (Å²) in [6, 6.07) is 8.44. The Kier molecular flexibility index (Phi) is 3.74. The van der Waals surface area contributed by atoms with Crippen molar-refractivity contribution in [2.45, 2.75) is 12.8 Å². The van der Waals surface area contributed by atoms with Crippen LogP contribution in [0.2, 0.25) is 0 Å². The lowest BCUT2D eigenvalue weighted by atomic mass is 9.97. The molecule has 20 heavy (non-hydrogen) atoms. The number of nitrogens with zero attached hydrogens (tertiary/aromatic N) is 1. The molecule has 2 aromatic rings. The van der Waals surface area contributed by atoms with Gasteiger partial charge in [0, 0.05) is 38.3 Å². The SMILES string of the molecule is COCCN1CC(Cc2cccc3cc[nH]c23)CC1=O. The van der Waals surface area contributed by atoms with Gasteiger partial charge in [0.05, 0.1) is 6.61 Å². The molecule has 0 bridgehead atoms. The zero-order valence-electron chi connectivity index (χ0n) is 11.8. The number of amides is 1. The molecular formula is C16H20N2O2. The number of carbonyl (C=O) groups is 1. The summed E-state index contributed by atoms with van der Waals surface area (Å²) in [5, 5.41) is 1.24. The molecule has 0 saturated carbocycles. The van der Waals surface area contributed by atoms with E-state index in [2.05, 4.69) is 29.2 Å². The highest BCUT2D eigenvalue weighted by Crippen LogP contribution is 2.25. The first-order valence-electron chi connectivity index (χ1n) is 7.09. The fraction of sp³-hybridized carbons (Fsp3) is 0.438. The summed E-state index contributed by atoms with van der Waals surface area (Å²) in [4.78, 5) is 17.2.